The molecule has 0 aliphatic heterocycles. The van der Waals surface area contributed by atoms with E-state index >= 15 is 0 Å². The van der Waals surface area contributed by atoms with Gasteiger partial charge in [0.05, 0.1) is 0 Å². The fourth-order valence-corrected chi connectivity index (χ4v) is 7.01. The summed E-state index contributed by atoms with van der Waals surface area (Å²) < 4.78 is 6.70. The Bertz CT molecular complexity index is 2890. The quantitative estimate of drug-likeness (QED) is 0.195. The highest BCUT2D eigenvalue weighted by Gasteiger charge is 2.18. The van der Waals surface area contributed by atoms with Gasteiger partial charge in [-0.3, -0.25) is 0 Å². The van der Waals surface area contributed by atoms with Crippen molar-refractivity contribution in [3.8, 4) is 45.3 Å². The van der Waals surface area contributed by atoms with Gasteiger partial charge >= 0.3 is 0 Å². The first-order valence-corrected chi connectivity index (χ1v) is 16.4. The van der Waals surface area contributed by atoms with E-state index in [0.29, 0.717) is 17.5 Å². The van der Waals surface area contributed by atoms with Crippen LogP contribution in [0, 0.1) is 0 Å². The number of fused-ring (bicyclic) bond motifs is 7. The van der Waals surface area contributed by atoms with Crippen molar-refractivity contribution >= 4 is 54.3 Å². The van der Waals surface area contributed by atoms with Crippen LogP contribution in [0.3, 0.4) is 0 Å². The van der Waals surface area contributed by atoms with Gasteiger partial charge < -0.3 is 4.42 Å². The maximum absolute atomic E-state index is 6.70. The van der Waals surface area contributed by atoms with Gasteiger partial charge in [0.2, 0.25) is 0 Å². The van der Waals surface area contributed by atoms with Gasteiger partial charge in [0, 0.05) is 32.8 Å². The molecule has 0 bridgehead atoms. The molecule has 0 radical (unpaired) electrons. The summed E-state index contributed by atoms with van der Waals surface area (Å²) in [6, 6.07) is 57.0. The third-order valence-corrected chi connectivity index (χ3v) is 9.47. The van der Waals surface area contributed by atoms with Crippen molar-refractivity contribution in [1.82, 2.24) is 15.0 Å². The van der Waals surface area contributed by atoms with Gasteiger partial charge in [-0.1, -0.05) is 133 Å². The van der Waals surface area contributed by atoms with Crippen molar-refractivity contribution in [2.75, 3.05) is 0 Å². The Morgan fingerprint density at radius 1 is 0.327 bits per heavy atom. The van der Waals surface area contributed by atoms with E-state index in [0.717, 1.165) is 54.8 Å². The molecular formula is C45H27N3O. The number of aromatic nitrogens is 3. The van der Waals surface area contributed by atoms with Crippen molar-refractivity contribution < 1.29 is 4.42 Å². The second-order valence-corrected chi connectivity index (χ2v) is 12.5. The van der Waals surface area contributed by atoms with Gasteiger partial charge in [0.25, 0.3) is 0 Å². The van der Waals surface area contributed by atoms with Crippen LogP contribution in [-0.2, 0) is 0 Å². The van der Waals surface area contributed by atoms with E-state index in [2.05, 4.69) is 133 Å². The molecule has 0 spiro atoms. The topological polar surface area (TPSA) is 51.8 Å². The molecule has 0 amide bonds. The van der Waals surface area contributed by atoms with Crippen LogP contribution in [-0.4, -0.2) is 15.0 Å². The Hall–Kier alpha value is -6.65. The van der Waals surface area contributed by atoms with Crippen LogP contribution in [0.1, 0.15) is 0 Å². The van der Waals surface area contributed by atoms with Gasteiger partial charge in [-0.15, -0.1) is 0 Å². The van der Waals surface area contributed by atoms with Gasteiger partial charge in [0.15, 0.2) is 17.5 Å². The first-order valence-electron chi connectivity index (χ1n) is 16.4. The SMILES string of the molecule is c1ccc(-c2nc(-c3ccc4ccccc4c3)nc(-c3ccc4c(c3)oc3c5ccccc5c(-c5ccc6ccccc6c5)cc43)n2)cc1. The molecule has 4 nitrogen and oxygen atoms in total. The highest BCUT2D eigenvalue weighted by molar-refractivity contribution is 6.19. The summed E-state index contributed by atoms with van der Waals surface area (Å²) in [6.07, 6.45) is 0. The number of hydrogen-bond donors (Lipinski definition) is 0. The van der Waals surface area contributed by atoms with Gasteiger partial charge in [-0.2, -0.15) is 0 Å². The lowest BCUT2D eigenvalue weighted by molar-refractivity contribution is 0.673. The van der Waals surface area contributed by atoms with E-state index in [1.165, 1.54) is 27.3 Å². The minimum atomic E-state index is 0.598. The van der Waals surface area contributed by atoms with Crippen LogP contribution < -0.4 is 0 Å². The lowest BCUT2D eigenvalue weighted by Crippen LogP contribution is -2.00. The summed E-state index contributed by atoms with van der Waals surface area (Å²) in [5.74, 6) is 1.86. The maximum atomic E-state index is 6.70. The second kappa shape index (κ2) is 11.0. The number of furan rings is 1. The lowest BCUT2D eigenvalue weighted by atomic mass is 9.94. The first kappa shape index (κ1) is 27.5. The summed E-state index contributed by atoms with van der Waals surface area (Å²) >= 11 is 0. The average Bonchev–Trinajstić information content (AvgIpc) is 3.55. The zero-order chi connectivity index (χ0) is 32.3. The molecule has 10 aromatic rings. The third-order valence-electron chi connectivity index (χ3n) is 9.47. The predicted octanol–water partition coefficient (Wildman–Crippen LogP) is 11.9. The maximum Gasteiger partial charge on any atom is 0.164 e. The minimum absolute atomic E-state index is 0.598. The molecule has 2 heterocycles. The van der Waals surface area contributed by atoms with Crippen LogP contribution in [0.25, 0.3) is 99.5 Å². The number of hydrogen-bond acceptors (Lipinski definition) is 4. The number of rotatable bonds is 4. The molecule has 0 saturated heterocycles. The van der Waals surface area contributed by atoms with Crippen LogP contribution in [0.5, 0.6) is 0 Å². The molecule has 0 aliphatic rings. The van der Waals surface area contributed by atoms with Crippen molar-refractivity contribution in [1.29, 1.82) is 0 Å². The van der Waals surface area contributed by atoms with Crippen molar-refractivity contribution in [3.05, 3.63) is 164 Å². The van der Waals surface area contributed by atoms with Crippen LogP contribution in [0.4, 0.5) is 0 Å². The molecule has 4 heteroatoms. The van der Waals surface area contributed by atoms with E-state index in [1.807, 2.05) is 30.3 Å². The highest BCUT2D eigenvalue weighted by atomic mass is 16.3. The van der Waals surface area contributed by atoms with E-state index in [9.17, 15) is 0 Å². The molecule has 0 atom stereocenters. The van der Waals surface area contributed by atoms with E-state index in [-0.39, 0.29) is 0 Å². The fourth-order valence-electron chi connectivity index (χ4n) is 7.01. The van der Waals surface area contributed by atoms with Crippen molar-refractivity contribution in [2.45, 2.75) is 0 Å². The normalized spacial score (nSPS) is 11.7. The number of benzene rings is 8. The first-order chi connectivity index (χ1) is 24.2. The summed E-state index contributed by atoms with van der Waals surface area (Å²) in [7, 11) is 0. The monoisotopic (exact) mass is 625 g/mol. The Morgan fingerprint density at radius 3 is 1.57 bits per heavy atom. The molecular weight excluding hydrogens is 599 g/mol. The molecule has 0 unspecified atom stereocenters. The molecule has 2 aromatic heterocycles. The fraction of sp³-hybridized carbons (Fsp3) is 0. The van der Waals surface area contributed by atoms with Crippen molar-refractivity contribution in [2.24, 2.45) is 0 Å². The summed E-state index contributed by atoms with van der Waals surface area (Å²) in [4.78, 5) is 15.0. The lowest BCUT2D eigenvalue weighted by Gasteiger charge is -2.09. The summed E-state index contributed by atoms with van der Waals surface area (Å²) in [6.45, 7) is 0. The predicted molar refractivity (Wildman–Crippen MR) is 201 cm³/mol. The molecule has 10 rings (SSSR count). The molecule has 228 valence electrons. The van der Waals surface area contributed by atoms with E-state index < -0.39 is 0 Å². The molecule has 0 aliphatic carbocycles. The van der Waals surface area contributed by atoms with E-state index in [1.54, 1.807) is 0 Å². The zero-order valence-corrected chi connectivity index (χ0v) is 26.3. The second-order valence-electron chi connectivity index (χ2n) is 12.5. The minimum Gasteiger partial charge on any atom is -0.455 e. The number of nitrogens with zero attached hydrogens (tertiary/aromatic N) is 3. The summed E-state index contributed by atoms with van der Waals surface area (Å²) in [5.41, 5.74) is 6.79. The average molecular weight is 626 g/mol. The molecule has 8 aromatic carbocycles. The third kappa shape index (κ3) is 4.65. The molecule has 0 fully saturated rings. The van der Waals surface area contributed by atoms with Crippen LogP contribution >= 0.6 is 0 Å². The Labute approximate surface area is 282 Å². The van der Waals surface area contributed by atoms with Gasteiger partial charge in [0.1, 0.15) is 11.2 Å². The van der Waals surface area contributed by atoms with Crippen LogP contribution in [0.2, 0.25) is 0 Å². The Kier molecular flexibility index (Phi) is 6.15. The summed E-state index contributed by atoms with van der Waals surface area (Å²) in [5, 5.41) is 9.16. The Balaban J connectivity index is 1.16. The van der Waals surface area contributed by atoms with E-state index in [4.69, 9.17) is 19.4 Å². The van der Waals surface area contributed by atoms with Crippen LogP contribution in [0.15, 0.2) is 168 Å². The van der Waals surface area contributed by atoms with Gasteiger partial charge in [-0.25, -0.2) is 15.0 Å². The molecule has 49 heavy (non-hydrogen) atoms. The largest absolute Gasteiger partial charge is 0.455 e. The molecule has 0 saturated carbocycles. The Morgan fingerprint density at radius 2 is 0.857 bits per heavy atom. The molecule has 0 N–H and O–H groups in total. The smallest absolute Gasteiger partial charge is 0.164 e. The standard InChI is InChI=1S/C45H27N3O/c1-2-12-30(13-3-1)43-46-44(34-21-19-29-11-5-7-15-32(29)25-34)48-45(47-43)35-22-23-37-40-27-39(33-20-18-28-10-4-6-14-31(28)24-33)36-16-8-9-17-38(36)42(40)49-41(37)26-35/h1-27H. The highest BCUT2D eigenvalue weighted by Crippen LogP contribution is 2.41. The zero-order valence-electron chi connectivity index (χ0n) is 26.3. The van der Waals surface area contributed by atoms with Gasteiger partial charge in [-0.05, 0) is 68.4 Å². The van der Waals surface area contributed by atoms with Crippen molar-refractivity contribution in [3.63, 3.8) is 0 Å².